The number of ether oxygens (including phenoxy) is 2. The lowest BCUT2D eigenvalue weighted by Gasteiger charge is -2.37. The Kier molecular flexibility index (Phi) is 4.87. The first-order valence-electron chi connectivity index (χ1n) is 9.82. The molecule has 1 fully saturated rings. The summed E-state index contributed by atoms with van der Waals surface area (Å²) in [6.45, 7) is 4.90. The van der Waals surface area contributed by atoms with E-state index < -0.39 is 6.10 Å². The summed E-state index contributed by atoms with van der Waals surface area (Å²) in [5.41, 5.74) is 1.38. The second kappa shape index (κ2) is 7.69. The highest BCUT2D eigenvalue weighted by Crippen LogP contribution is 2.35. The zero-order chi connectivity index (χ0) is 20.7. The minimum absolute atomic E-state index is 0.0318. The first-order chi connectivity index (χ1) is 14.6. The smallest absolute Gasteiger partial charge is 0.275 e. The third-order valence-electron chi connectivity index (χ3n) is 5.20. The number of carbonyl (C=O) groups excluding carboxylic acids is 1. The molecule has 10 heteroatoms. The molecule has 0 aliphatic carbocycles. The highest BCUT2D eigenvalue weighted by atomic mass is 32.1. The molecule has 0 unspecified atom stereocenters. The fraction of sp³-hybridized carbons (Fsp3) is 0.400. The van der Waals surface area contributed by atoms with Gasteiger partial charge in [0, 0.05) is 24.8 Å². The molecular formula is C20H21N5O4S. The Hall–Kier alpha value is -2.98. The zero-order valence-electron chi connectivity index (χ0n) is 16.5. The molecule has 2 aromatic heterocycles. The maximum atomic E-state index is 13.0. The van der Waals surface area contributed by atoms with Crippen LogP contribution in [-0.4, -0.2) is 64.4 Å². The monoisotopic (exact) mass is 427 g/mol. The summed E-state index contributed by atoms with van der Waals surface area (Å²) >= 11 is 1.38. The Morgan fingerprint density at radius 1 is 1.27 bits per heavy atom. The number of nitrogens with zero attached hydrogens (tertiary/aromatic N) is 5. The van der Waals surface area contributed by atoms with Crippen molar-refractivity contribution in [1.29, 1.82) is 0 Å². The molecular weight excluding hydrogens is 406 g/mol. The Morgan fingerprint density at radius 3 is 2.90 bits per heavy atom. The summed E-state index contributed by atoms with van der Waals surface area (Å²) in [7, 11) is 0. The molecule has 2 aliphatic rings. The minimum atomic E-state index is -0.601. The topological polar surface area (TPSA) is 89.3 Å². The molecule has 0 radical (unpaired) electrons. The van der Waals surface area contributed by atoms with Crippen molar-refractivity contribution in [2.24, 2.45) is 0 Å². The minimum Gasteiger partial charge on any atom is -0.477 e. The molecule has 3 aromatic rings. The molecule has 0 N–H and O–H groups in total. The predicted octanol–water partition coefficient (Wildman–Crippen LogP) is 1.09. The summed E-state index contributed by atoms with van der Waals surface area (Å²) in [5, 5.41) is 5.20. The average Bonchev–Trinajstić information content (AvgIpc) is 3.16. The number of hydrogen-bond acceptors (Lipinski definition) is 8. The van der Waals surface area contributed by atoms with Gasteiger partial charge in [0.25, 0.3) is 11.5 Å². The lowest BCUT2D eigenvalue weighted by molar-refractivity contribution is -0.142. The molecule has 0 spiro atoms. The van der Waals surface area contributed by atoms with Crippen molar-refractivity contribution in [1.82, 2.24) is 19.5 Å². The van der Waals surface area contributed by atoms with Crippen molar-refractivity contribution in [2.45, 2.75) is 19.6 Å². The van der Waals surface area contributed by atoms with E-state index in [9.17, 15) is 9.59 Å². The van der Waals surface area contributed by atoms with Gasteiger partial charge in [0.1, 0.15) is 10.8 Å². The van der Waals surface area contributed by atoms with E-state index in [2.05, 4.69) is 15.0 Å². The Labute approximate surface area is 176 Å². The van der Waals surface area contributed by atoms with Gasteiger partial charge in [-0.05, 0) is 19.1 Å². The van der Waals surface area contributed by atoms with Crippen LogP contribution >= 0.6 is 11.3 Å². The number of aromatic nitrogens is 3. The third kappa shape index (κ3) is 3.52. The average molecular weight is 427 g/mol. The first kappa shape index (κ1) is 19.0. The van der Waals surface area contributed by atoms with E-state index in [0.29, 0.717) is 55.8 Å². The number of carbonyl (C=O) groups is 1. The van der Waals surface area contributed by atoms with Gasteiger partial charge in [0.05, 0.1) is 32.0 Å². The molecule has 4 heterocycles. The number of para-hydroxylation sites is 2. The van der Waals surface area contributed by atoms with Crippen LogP contribution in [0.3, 0.4) is 0 Å². The highest BCUT2D eigenvalue weighted by molar-refractivity contribution is 7.16. The van der Waals surface area contributed by atoms with Gasteiger partial charge in [0.15, 0.2) is 6.10 Å². The largest absolute Gasteiger partial charge is 0.477 e. The van der Waals surface area contributed by atoms with Crippen LogP contribution in [0.2, 0.25) is 0 Å². The van der Waals surface area contributed by atoms with Crippen LogP contribution in [0.5, 0.6) is 5.75 Å². The molecule has 0 saturated carbocycles. The van der Waals surface area contributed by atoms with Crippen LogP contribution in [0.25, 0.3) is 4.96 Å². The molecule has 1 saturated heterocycles. The number of aryl methyl sites for hydroxylation is 1. The van der Waals surface area contributed by atoms with E-state index >= 15 is 0 Å². The van der Waals surface area contributed by atoms with Gasteiger partial charge >= 0.3 is 0 Å². The molecule has 2 aliphatic heterocycles. The van der Waals surface area contributed by atoms with Crippen molar-refractivity contribution < 1.29 is 14.3 Å². The number of hydrogen-bond donors (Lipinski definition) is 0. The van der Waals surface area contributed by atoms with Crippen molar-refractivity contribution in [3.05, 3.63) is 51.4 Å². The number of morpholine rings is 1. The van der Waals surface area contributed by atoms with E-state index in [4.69, 9.17) is 9.47 Å². The Balaban J connectivity index is 1.44. The van der Waals surface area contributed by atoms with Gasteiger partial charge in [-0.2, -0.15) is 9.61 Å². The van der Waals surface area contributed by atoms with Gasteiger partial charge in [-0.15, -0.1) is 0 Å². The van der Waals surface area contributed by atoms with E-state index in [1.54, 1.807) is 11.8 Å². The molecule has 9 nitrogen and oxygen atoms in total. The van der Waals surface area contributed by atoms with Crippen LogP contribution in [0, 0.1) is 6.92 Å². The maximum Gasteiger partial charge on any atom is 0.275 e. The van der Waals surface area contributed by atoms with Crippen molar-refractivity contribution in [3.63, 3.8) is 0 Å². The van der Waals surface area contributed by atoms with Crippen LogP contribution in [-0.2, 0) is 16.1 Å². The van der Waals surface area contributed by atoms with Crippen molar-refractivity contribution in [3.8, 4) is 5.75 Å². The summed E-state index contributed by atoms with van der Waals surface area (Å²) < 4.78 is 12.7. The van der Waals surface area contributed by atoms with Crippen LogP contribution in [0.15, 0.2) is 35.1 Å². The van der Waals surface area contributed by atoms with Crippen LogP contribution in [0.1, 0.15) is 10.7 Å². The first-order valence-corrected chi connectivity index (χ1v) is 10.6. The van der Waals surface area contributed by atoms with E-state index in [-0.39, 0.29) is 11.5 Å². The van der Waals surface area contributed by atoms with E-state index in [1.807, 2.05) is 24.3 Å². The Bertz CT molecular complexity index is 1150. The van der Waals surface area contributed by atoms with Crippen LogP contribution < -0.4 is 15.2 Å². The van der Waals surface area contributed by atoms with Crippen molar-refractivity contribution in [2.75, 3.05) is 37.7 Å². The van der Waals surface area contributed by atoms with E-state index in [1.165, 1.54) is 21.9 Å². The lowest BCUT2D eigenvalue weighted by atomic mass is 10.1. The predicted molar refractivity (Wildman–Crippen MR) is 111 cm³/mol. The number of anilines is 1. The van der Waals surface area contributed by atoms with Gasteiger partial charge in [-0.25, -0.2) is 4.98 Å². The Morgan fingerprint density at radius 2 is 2.07 bits per heavy atom. The number of rotatable bonds is 3. The summed E-state index contributed by atoms with van der Waals surface area (Å²) in [6, 6.07) is 9.13. The van der Waals surface area contributed by atoms with Crippen molar-refractivity contribution >= 4 is 27.9 Å². The number of benzene rings is 1. The second-order valence-electron chi connectivity index (χ2n) is 7.32. The number of amides is 1. The van der Waals surface area contributed by atoms with Crippen LogP contribution in [0.4, 0.5) is 5.69 Å². The molecule has 0 bridgehead atoms. The summed E-state index contributed by atoms with van der Waals surface area (Å²) in [4.78, 5) is 34.1. The van der Waals surface area contributed by atoms with Gasteiger partial charge < -0.3 is 19.3 Å². The molecule has 1 amide bonds. The summed E-state index contributed by atoms with van der Waals surface area (Å²) in [5.74, 6) is 0.637. The lowest BCUT2D eigenvalue weighted by Crippen LogP contribution is -2.52. The van der Waals surface area contributed by atoms with Gasteiger partial charge in [0.2, 0.25) is 4.96 Å². The third-order valence-corrected chi connectivity index (χ3v) is 6.09. The summed E-state index contributed by atoms with van der Waals surface area (Å²) in [6.07, 6.45) is -0.601. The molecule has 156 valence electrons. The fourth-order valence-electron chi connectivity index (χ4n) is 3.76. The highest BCUT2D eigenvalue weighted by Gasteiger charge is 2.34. The normalized spacial score (nSPS) is 18.9. The molecule has 1 atom stereocenters. The fourth-order valence-corrected chi connectivity index (χ4v) is 4.72. The standard InChI is InChI=1S/C20H21N5O4S/c1-13-10-18(26)25-20(21-13)30-17(22-25)12-24-11-16(19(27)23-6-8-28-9-7-23)29-15-5-3-2-4-14(15)24/h2-5,10,16H,6-9,11-12H2,1H3/t16-/m1/s1. The SMILES string of the molecule is Cc1cc(=O)n2nc(CN3C[C@H](C(=O)N4CCOCC4)Oc4ccccc43)sc2n1. The molecule has 5 rings (SSSR count). The maximum absolute atomic E-state index is 13.0. The van der Waals surface area contributed by atoms with Gasteiger partial charge in [-0.1, -0.05) is 23.5 Å². The molecule has 1 aromatic carbocycles. The van der Waals surface area contributed by atoms with E-state index in [0.717, 1.165) is 10.7 Å². The number of fused-ring (bicyclic) bond motifs is 2. The molecule has 30 heavy (non-hydrogen) atoms. The van der Waals surface area contributed by atoms with Gasteiger partial charge in [-0.3, -0.25) is 9.59 Å². The second-order valence-corrected chi connectivity index (χ2v) is 8.36. The zero-order valence-corrected chi connectivity index (χ0v) is 17.3. The quantitative estimate of drug-likeness (QED) is 0.618.